The molecule has 116 valence electrons. The summed E-state index contributed by atoms with van der Waals surface area (Å²) in [5.74, 6) is 1.12. The van der Waals surface area contributed by atoms with Crippen LogP contribution < -0.4 is 5.32 Å². The smallest absolute Gasteiger partial charge is 0.123 e. The molecule has 0 aromatic heterocycles. The van der Waals surface area contributed by atoms with Crippen molar-refractivity contribution in [2.75, 3.05) is 13.2 Å². The molecule has 1 saturated heterocycles. The Bertz CT molecular complexity index is 456. The molecular weight excluding hydrogens is 265 g/mol. The molecule has 2 fully saturated rings. The molecule has 0 bridgehead atoms. The van der Waals surface area contributed by atoms with Gasteiger partial charge in [0.1, 0.15) is 5.82 Å². The van der Waals surface area contributed by atoms with Crippen molar-refractivity contribution in [2.24, 2.45) is 5.92 Å². The fourth-order valence-corrected chi connectivity index (χ4v) is 3.69. The third kappa shape index (κ3) is 3.83. The summed E-state index contributed by atoms with van der Waals surface area (Å²) in [6, 6.07) is 7.62. The molecule has 1 aromatic carbocycles. The molecule has 0 amide bonds. The molecule has 1 aliphatic heterocycles. The Morgan fingerprint density at radius 2 is 2.00 bits per heavy atom. The SMILES string of the molecule is C[C@H]1CCN[C@H]1COC1CCC(c2cccc(F)c2)CC1. The van der Waals surface area contributed by atoms with Gasteiger partial charge >= 0.3 is 0 Å². The summed E-state index contributed by atoms with van der Waals surface area (Å²) in [5.41, 5.74) is 1.15. The van der Waals surface area contributed by atoms with Crippen LogP contribution >= 0.6 is 0 Å². The fraction of sp³-hybridized carbons (Fsp3) is 0.667. The third-order valence-electron chi connectivity index (χ3n) is 5.20. The maximum absolute atomic E-state index is 13.3. The Kier molecular flexibility index (Phi) is 4.91. The highest BCUT2D eigenvalue weighted by atomic mass is 19.1. The van der Waals surface area contributed by atoms with Crippen molar-refractivity contribution >= 4 is 0 Å². The van der Waals surface area contributed by atoms with Crippen molar-refractivity contribution in [3.63, 3.8) is 0 Å². The van der Waals surface area contributed by atoms with E-state index in [2.05, 4.69) is 18.3 Å². The standard InChI is InChI=1S/C18H26FNO/c1-13-9-10-20-18(13)12-21-17-7-5-14(6-8-17)15-3-2-4-16(19)11-15/h2-4,11,13-14,17-18,20H,5-10,12H2,1H3/t13-,14?,17?,18-/m0/s1. The highest BCUT2D eigenvalue weighted by Gasteiger charge is 2.26. The molecule has 1 saturated carbocycles. The maximum atomic E-state index is 13.3. The highest BCUT2D eigenvalue weighted by Crippen LogP contribution is 2.34. The van der Waals surface area contributed by atoms with E-state index < -0.39 is 0 Å². The van der Waals surface area contributed by atoms with Gasteiger partial charge in [0.25, 0.3) is 0 Å². The van der Waals surface area contributed by atoms with Crippen LogP contribution in [0.4, 0.5) is 4.39 Å². The zero-order valence-electron chi connectivity index (χ0n) is 12.9. The van der Waals surface area contributed by atoms with Gasteiger partial charge in [0.05, 0.1) is 12.7 Å². The summed E-state index contributed by atoms with van der Waals surface area (Å²) in [5, 5.41) is 3.52. The summed E-state index contributed by atoms with van der Waals surface area (Å²) >= 11 is 0. The van der Waals surface area contributed by atoms with Crippen molar-refractivity contribution in [3.05, 3.63) is 35.6 Å². The third-order valence-corrected chi connectivity index (χ3v) is 5.20. The number of ether oxygens (including phenoxy) is 1. The van der Waals surface area contributed by atoms with E-state index in [-0.39, 0.29) is 5.82 Å². The summed E-state index contributed by atoms with van der Waals surface area (Å²) in [6.07, 6.45) is 6.08. The molecule has 0 unspecified atom stereocenters. The number of hydrogen-bond donors (Lipinski definition) is 1. The Morgan fingerprint density at radius 3 is 2.67 bits per heavy atom. The lowest BCUT2D eigenvalue weighted by atomic mass is 9.82. The zero-order chi connectivity index (χ0) is 14.7. The van der Waals surface area contributed by atoms with E-state index in [0.29, 0.717) is 18.1 Å². The molecule has 0 spiro atoms. The van der Waals surface area contributed by atoms with Crippen molar-refractivity contribution in [1.82, 2.24) is 5.32 Å². The van der Waals surface area contributed by atoms with Crippen molar-refractivity contribution < 1.29 is 9.13 Å². The largest absolute Gasteiger partial charge is 0.377 e. The molecule has 3 heteroatoms. The molecule has 21 heavy (non-hydrogen) atoms. The molecule has 1 N–H and O–H groups in total. The number of hydrogen-bond acceptors (Lipinski definition) is 2. The number of benzene rings is 1. The first-order valence-electron chi connectivity index (χ1n) is 8.33. The highest BCUT2D eigenvalue weighted by molar-refractivity contribution is 5.21. The van der Waals surface area contributed by atoms with E-state index in [1.165, 1.54) is 12.5 Å². The van der Waals surface area contributed by atoms with Gasteiger partial charge in [-0.25, -0.2) is 4.39 Å². The van der Waals surface area contributed by atoms with E-state index >= 15 is 0 Å². The van der Waals surface area contributed by atoms with E-state index in [1.54, 1.807) is 6.07 Å². The quantitative estimate of drug-likeness (QED) is 0.909. The van der Waals surface area contributed by atoms with Crippen molar-refractivity contribution in [1.29, 1.82) is 0 Å². The average Bonchev–Trinajstić information content (AvgIpc) is 2.91. The molecule has 2 nitrogen and oxygen atoms in total. The fourth-order valence-electron chi connectivity index (χ4n) is 3.69. The number of halogens is 1. The van der Waals surface area contributed by atoms with Crippen LogP contribution in [0.5, 0.6) is 0 Å². The molecule has 3 rings (SSSR count). The Balaban J connectivity index is 1.44. The predicted molar refractivity (Wildman–Crippen MR) is 82.9 cm³/mol. The minimum Gasteiger partial charge on any atom is -0.377 e. The second-order valence-corrected chi connectivity index (χ2v) is 6.69. The van der Waals surface area contributed by atoms with Gasteiger partial charge in [-0.3, -0.25) is 0 Å². The molecule has 0 radical (unpaired) electrons. The van der Waals surface area contributed by atoms with Crippen LogP contribution in [0.2, 0.25) is 0 Å². The molecule has 1 heterocycles. The minimum atomic E-state index is -0.118. The predicted octanol–water partition coefficient (Wildman–Crippen LogP) is 3.87. The Labute approximate surface area is 127 Å². The molecule has 1 aliphatic carbocycles. The van der Waals surface area contributed by atoms with Gasteiger partial charge in [-0.15, -0.1) is 0 Å². The van der Waals surface area contributed by atoms with Crippen LogP contribution in [-0.2, 0) is 4.74 Å². The van der Waals surface area contributed by atoms with Crippen LogP contribution in [-0.4, -0.2) is 25.3 Å². The van der Waals surface area contributed by atoms with Crippen LogP contribution in [0.15, 0.2) is 24.3 Å². The van der Waals surface area contributed by atoms with Crippen molar-refractivity contribution in [2.45, 2.75) is 57.1 Å². The molecule has 2 atom stereocenters. The van der Waals surface area contributed by atoms with Gasteiger partial charge in [-0.05, 0) is 68.2 Å². The van der Waals surface area contributed by atoms with Gasteiger partial charge in [-0.2, -0.15) is 0 Å². The molecule has 2 aliphatic rings. The van der Waals surface area contributed by atoms with Crippen LogP contribution in [0, 0.1) is 11.7 Å². The van der Waals surface area contributed by atoms with Crippen LogP contribution in [0.3, 0.4) is 0 Å². The number of nitrogens with one attached hydrogen (secondary N) is 1. The van der Waals surface area contributed by atoms with Gasteiger partial charge in [0.2, 0.25) is 0 Å². The summed E-state index contributed by atoms with van der Waals surface area (Å²) in [4.78, 5) is 0. The summed E-state index contributed by atoms with van der Waals surface area (Å²) < 4.78 is 19.4. The van der Waals surface area contributed by atoms with Gasteiger partial charge in [0.15, 0.2) is 0 Å². The number of rotatable bonds is 4. The van der Waals surface area contributed by atoms with Crippen molar-refractivity contribution in [3.8, 4) is 0 Å². The summed E-state index contributed by atoms with van der Waals surface area (Å²) in [6.45, 7) is 4.27. The molecular formula is C18H26FNO. The normalized spacial score (nSPS) is 33.2. The maximum Gasteiger partial charge on any atom is 0.123 e. The van der Waals surface area contributed by atoms with E-state index in [9.17, 15) is 4.39 Å². The first-order valence-corrected chi connectivity index (χ1v) is 8.33. The van der Waals surface area contributed by atoms with Gasteiger partial charge in [0, 0.05) is 6.04 Å². The van der Waals surface area contributed by atoms with E-state index in [4.69, 9.17) is 4.74 Å². The topological polar surface area (TPSA) is 21.3 Å². The van der Waals surface area contributed by atoms with Crippen LogP contribution in [0.25, 0.3) is 0 Å². The van der Waals surface area contributed by atoms with Gasteiger partial charge < -0.3 is 10.1 Å². The second-order valence-electron chi connectivity index (χ2n) is 6.69. The lowest BCUT2D eigenvalue weighted by Gasteiger charge is -2.30. The lowest BCUT2D eigenvalue weighted by Crippen LogP contribution is -2.34. The Morgan fingerprint density at radius 1 is 1.19 bits per heavy atom. The minimum absolute atomic E-state index is 0.118. The lowest BCUT2D eigenvalue weighted by molar-refractivity contribution is 0.0102. The van der Waals surface area contributed by atoms with E-state index in [0.717, 1.165) is 50.3 Å². The van der Waals surface area contributed by atoms with E-state index in [1.807, 2.05) is 6.07 Å². The monoisotopic (exact) mass is 291 g/mol. The summed E-state index contributed by atoms with van der Waals surface area (Å²) in [7, 11) is 0. The second kappa shape index (κ2) is 6.89. The first-order chi connectivity index (χ1) is 10.2. The molecule has 1 aromatic rings. The Hall–Kier alpha value is -0.930. The first kappa shape index (κ1) is 15.0. The zero-order valence-corrected chi connectivity index (χ0v) is 12.9. The van der Waals surface area contributed by atoms with Gasteiger partial charge in [-0.1, -0.05) is 19.1 Å². The average molecular weight is 291 g/mol. The van der Waals surface area contributed by atoms with Crippen LogP contribution in [0.1, 0.15) is 50.5 Å².